The van der Waals surface area contributed by atoms with Gasteiger partial charge in [0.15, 0.2) is 5.75 Å². The molecule has 0 amide bonds. The molecule has 0 atom stereocenters. The van der Waals surface area contributed by atoms with Crippen molar-refractivity contribution in [3.8, 4) is 17.3 Å². The minimum atomic E-state index is -0.191. The fourth-order valence-electron chi connectivity index (χ4n) is 4.03. The number of pyridine rings is 2. The SMILES string of the molecule is CCCCc1nc(O)c(Sc2ccc(-n3cc(C)ccc3=O)cc2)c(O)c1N(C)c1ccc(C)cc1. The van der Waals surface area contributed by atoms with Crippen LogP contribution in [0, 0.1) is 13.8 Å². The molecule has 4 aromatic rings. The van der Waals surface area contributed by atoms with Crippen LogP contribution in [0.5, 0.6) is 11.6 Å². The van der Waals surface area contributed by atoms with Crippen LogP contribution in [0.3, 0.4) is 0 Å². The highest BCUT2D eigenvalue weighted by atomic mass is 32.2. The summed E-state index contributed by atoms with van der Waals surface area (Å²) in [6, 6.07) is 18.8. The molecule has 0 aliphatic carbocycles. The van der Waals surface area contributed by atoms with Crippen LogP contribution in [0.25, 0.3) is 5.69 Å². The Hall–Kier alpha value is -3.71. The van der Waals surface area contributed by atoms with E-state index in [9.17, 15) is 15.0 Å². The average molecular weight is 502 g/mol. The molecular weight excluding hydrogens is 470 g/mol. The fraction of sp³-hybridized carbons (Fsp3) is 0.241. The molecule has 186 valence electrons. The third-order valence-corrected chi connectivity index (χ3v) is 7.16. The maximum Gasteiger partial charge on any atom is 0.255 e. The third kappa shape index (κ3) is 5.41. The van der Waals surface area contributed by atoms with Gasteiger partial charge in [0, 0.05) is 35.6 Å². The van der Waals surface area contributed by atoms with Crippen LogP contribution in [0.15, 0.2) is 81.4 Å². The smallest absolute Gasteiger partial charge is 0.255 e. The molecule has 36 heavy (non-hydrogen) atoms. The van der Waals surface area contributed by atoms with Gasteiger partial charge in [-0.05, 0) is 68.7 Å². The Balaban J connectivity index is 1.71. The summed E-state index contributed by atoms with van der Waals surface area (Å²) in [5.41, 5.74) is 4.96. The Bertz CT molecular complexity index is 1410. The maximum atomic E-state index is 12.3. The summed E-state index contributed by atoms with van der Waals surface area (Å²) in [5, 5.41) is 22.2. The molecule has 0 aliphatic rings. The largest absolute Gasteiger partial charge is 0.504 e. The van der Waals surface area contributed by atoms with Crippen molar-refractivity contribution in [3.63, 3.8) is 0 Å². The summed E-state index contributed by atoms with van der Waals surface area (Å²) in [6.45, 7) is 6.07. The van der Waals surface area contributed by atoms with Crippen LogP contribution >= 0.6 is 11.8 Å². The van der Waals surface area contributed by atoms with Crippen molar-refractivity contribution >= 4 is 23.1 Å². The zero-order valence-electron chi connectivity index (χ0n) is 21.0. The Morgan fingerprint density at radius 3 is 2.28 bits per heavy atom. The van der Waals surface area contributed by atoms with Crippen molar-refractivity contribution in [1.82, 2.24) is 9.55 Å². The molecule has 4 rings (SSSR count). The van der Waals surface area contributed by atoms with Crippen molar-refractivity contribution < 1.29 is 10.2 Å². The van der Waals surface area contributed by atoms with Gasteiger partial charge in [-0.3, -0.25) is 9.36 Å². The van der Waals surface area contributed by atoms with Gasteiger partial charge in [-0.15, -0.1) is 0 Å². The lowest BCUT2D eigenvalue weighted by molar-refractivity contribution is 0.410. The van der Waals surface area contributed by atoms with Crippen LogP contribution in [0.2, 0.25) is 0 Å². The third-order valence-electron chi connectivity index (χ3n) is 6.07. The molecule has 2 N–H and O–H groups in total. The molecule has 6 nitrogen and oxygen atoms in total. The molecule has 7 heteroatoms. The van der Waals surface area contributed by atoms with Gasteiger partial charge >= 0.3 is 0 Å². The van der Waals surface area contributed by atoms with E-state index in [4.69, 9.17) is 0 Å². The van der Waals surface area contributed by atoms with Crippen molar-refractivity contribution in [2.24, 2.45) is 0 Å². The number of hydrogen-bond acceptors (Lipinski definition) is 6. The van der Waals surface area contributed by atoms with Crippen molar-refractivity contribution in [2.45, 2.75) is 49.8 Å². The second-order valence-corrected chi connectivity index (χ2v) is 10.0. The molecule has 0 fully saturated rings. The number of aromatic nitrogens is 2. The number of aromatic hydroxyl groups is 2. The van der Waals surface area contributed by atoms with Crippen LogP contribution in [-0.4, -0.2) is 26.8 Å². The van der Waals surface area contributed by atoms with E-state index in [0.717, 1.165) is 40.2 Å². The summed E-state index contributed by atoms with van der Waals surface area (Å²) in [4.78, 5) is 19.8. The minimum absolute atomic E-state index is 0.000609. The van der Waals surface area contributed by atoms with E-state index in [1.54, 1.807) is 22.9 Å². The minimum Gasteiger partial charge on any atom is -0.504 e. The summed E-state index contributed by atoms with van der Waals surface area (Å²) in [7, 11) is 1.90. The molecule has 0 unspecified atom stereocenters. The summed E-state index contributed by atoms with van der Waals surface area (Å²) in [6.07, 6.45) is 4.32. The molecule has 0 radical (unpaired) electrons. The van der Waals surface area contributed by atoms with Gasteiger partial charge in [-0.2, -0.15) is 0 Å². The van der Waals surface area contributed by atoms with Gasteiger partial charge in [0.25, 0.3) is 5.56 Å². The first-order valence-electron chi connectivity index (χ1n) is 12.0. The van der Waals surface area contributed by atoms with Crippen LogP contribution < -0.4 is 10.5 Å². The topological polar surface area (TPSA) is 78.6 Å². The van der Waals surface area contributed by atoms with E-state index in [1.165, 1.54) is 11.8 Å². The van der Waals surface area contributed by atoms with Crippen molar-refractivity contribution in [3.05, 3.63) is 94.0 Å². The molecule has 0 saturated carbocycles. The Morgan fingerprint density at radius 2 is 1.61 bits per heavy atom. The average Bonchev–Trinajstić information content (AvgIpc) is 2.87. The summed E-state index contributed by atoms with van der Waals surface area (Å²) >= 11 is 1.24. The highest BCUT2D eigenvalue weighted by Crippen LogP contribution is 2.47. The van der Waals surface area contributed by atoms with Gasteiger partial charge in [0.05, 0.1) is 5.69 Å². The van der Waals surface area contributed by atoms with Gasteiger partial charge in [-0.1, -0.05) is 48.9 Å². The van der Waals surface area contributed by atoms with E-state index in [-0.39, 0.29) is 17.2 Å². The second-order valence-electron chi connectivity index (χ2n) is 8.92. The highest BCUT2D eigenvalue weighted by Gasteiger charge is 2.23. The first kappa shape index (κ1) is 25.4. The van der Waals surface area contributed by atoms with E-state index in [2.05, 4.69) is 11.9 Å². The van der Waals surface area contributed by atoms with E-state index in [0.29, 0.717) is 22.7 Å². The number of hydrogen-bond donors (Lipinski definition) is 2. The number of anilines is 2. The number of aryl methyl sites for hydroxylation is 3. The predicted molar refractivity (Wildman–Crippen MR) is 146 cm³/mol. The zero-order chi connectivity index (χ0) is 25.8. The van der Waals surface area contributed by atoms with Crippen molar-refractivity contribution in [1.29, 1.82) is 0 Å². The first-order valence-corrected chi connectivity index (χ1v) is 12.8. The first-order chi connectivity index (χ1) is 17.3. The molecule has 2 heterocycles. The standard InChI is InChI=1S/C29H31N3O3S/c1-5-6-7-24-26(31(4)21-11-8-19(2)9-12-21)27(34)28(29(35)30-24)36-23-15-13-22(14-16-23)32-18-20(3)10-17-25(32)33/h8-18H,5-7H2,1-4H3,(H2,30,34,35). The van der Waals surface area contributed by atoms with Gasteiger partial charge < -0.3 is 15.1 Å². The quantitative estimate of drug-likeness (QED) is 0.286. The lowest BCUT2D eigenvalue weighted by Gasteiger charge is -2.25. The van der Waals surface area contributed by atoms with Crippen LogP contribution in [0.1, 0.15) is 36.6 Å². The molecular formula is C29H31N3O3S. The van der Waals surface area contributed by atoms with Gasteiger partial charge in [0.1, 0.15) is 10.6 Å². The molecule has 0 spiro atoms. The molecule has 0 saturated heterocycles. The van der Waals surface area contributed by atoms with Crippen LogP contribution in [-0.2, 0) is 6.42 Å². The second kappa shape index (κ2) is 10.9. The number of nitrogens with zero attached hydrogens (tertiary/aromatic N) is 3. The Labute approximate surface area is 215 Å². The Kier molecular flexibility index (Phi) is 7.70. The highest BCUT2D eigenvalue weighted by molar-refractivity contribution is 7.99. The monoisotopic (exact) mass is 501 g/mol. The lowest BCUT2D eigenvalue weighted by Crippen LogP contribution is -2.16. The maximum absolute atomic E-state index is 12.3. The van der Waals surface area contributed by atoms with Crippen LogP contribution in [0.4, 0.5) is 11.4 Å². The molecule has 0 aliphatic heterocycles. The molecule has 0 bridgehead atoms. The Morgan fingerprint density at radius 1 is 0.944 bits per heavy atom. The normalized spacial score (nSPS) is 11.0. The number of unbranched alkanes of at least 4 members (excludes halogenated alkanes) is 1. The van der Waals surface area contributed by atoms with Crippen molar-refractivity contribution in [2.75, 3.05) is 11.9 Å². The number of benzene rings is 2. The van der Waals surface area contributed by atoms with E-state index in [1.807, 2.05) is 74.3 Å². The zero-order valence-corrected chi connectivity index (χ0v) is 21.8. The summed E-state index contributed by atoms with van der Waals surface area (Å²) in [5.74, 6) is -0.190. The van der Waals surface area contributed by atoms with E-state index < -0.39 is 0 Å². The van der Waals surface area contributed by atoms with Gasteiger partial charge in [-0.25, -0.2) is 4.98 Å². The lowest BCUT2D eigenvalue weighted by atomic mass is 10.1. The molecule has 2 aromatic carbocycles. The van der Waals surface area contributed by atoms with Gasteiger partial charge in [0.2, 0.25) is 5.88 Å². The number of rotatable bonds is 8. The summed E-state index contributed by atoms with van der Waals surface area (Å²) < 4.78 is 1.59. The van der Waals surface area contributed by atoms with E-state index >= 15 is 0 Å². The molecule has 2 aromatic heterocycles. The predicted octanol–water partition coefficient (Wildman–Crippen LogP) is 6.52. The fourth-order valence-corrected chi connectivity index (χ4v) is 4.87.